The SMILES string of the molecule is COc1ccc(N2C(=O)[C@H]([C@H](O[Si](C)(C)C(C)(C)C)C(=O)N[C@@H](C)c3ccccc3)[C@H]2OC(C)=O)cc1. The van der Waals surface area contributed by atoms with E-state index in [-0.39, 0.29) is 17.0 Å². The van der Waals surface area contributed by atoms with E-state index in [0.29, 0.717) is 11.4 Å². The van der Waals surface area contributed by atoms with Gasteiger partial charge in [0.2, 0.25) is 11.8 Å². The van der Waals surface area contributed by atoms with Gasteiger partial charge < -0.3 is 19.2 Å². The number of nitrogens with zero attached hydrogens (tertiary/aromatic N) is 1. The van der Waals surface area contributed by atoms with Crippen LogP contribution in [0.3, 0.4) is 0 Å². The van der Waals surface area contributed by atoms with Crippen molar-refractivity contribution in [2.75, 3.05) is 12.0 Å². The predicted octanol–water partition coefficient (Wildman–Crippen LogP) is 4.82. The van der Waals surface area contributed by atoms with Crippen LogP contribution < -0.4 is 15.0 Å². The molecule has 4 atom stereocenters. The quantitative estimate of drug-likeness (QED) is 0.286. The molecular weight excluding hydrogens is 488 g/mol. The Morgan fingerprint density at radius 3 is 2.14 bits per heavy atom. The molecule has 200 valence electrons. The maximum atomic E-state index is 13.7. The van der Waals surface area contributed by atoms with Crippen molar-refractivity contribution >= 4 is 31.8 Å². The lowest BCUT2D eigenvalue weighted by atomic mass is 9.88. The molecule has 0 spiro atoms. The standard InChI is InChI=1S/C28H38N2O6Si/c1-18(20-12-10-9-11-13-20)29-25(32)24(36-37(7,8)28(3,4)5)23-26(33)30(27(23)35-19(2)31)21-14-16-22(34-6)17-15-21/h9-18,23-24,27H,1-8H3,(H,29,32)/t18-,23-,24-,27+/m0/s1. The van der Waals surface area contributed by atoms with Crippen LogP contribution in [-0.2, 0) is 23.5 Å². The normalized spacial score (nSPS) is 19.5. The Balaban J connectivity index is 1.96. The van der Waals surface area contributed by atoms with E-state index in [1.54, 1.807) is 31.4 Å². The van der Waals surface area contributed by atoms with Gasteiger partial charge in [0.05, 0.1) is 13.2 Å². The van der Waals surface area contributed by atoms with Crippen molar-refractivity contribution in [3.8, 4) is 5.75 Å². The van der Waals surface area contributed by atoms with E-state index in [1.807, 2.05) is 50.3 Å². The molecule has 37 heavy (non-hydrogen) atoms. The maximum Gasteiger partial charge on any atom is 0.304 e. The summed E-state index contributed by atoms with van der Waals surface area (Å²) in [4.78, 5) is 40.8. The molecule has 0 saturated carbocycles. The molecule has 2 aromatic rings. The molecular formula is C28H38N2O6Si. The summed E-state index contributed by atoms with van der Waals surface area (Å²) in [5, 5.41) is 2.80. The molecule has 1 aliphatic rings. The third kappa shape index (κ3) is 6.22. The molecule has 0 radical (unpaired) electrons. The van der Waals surface area contributed by atoms with Crippen LogP contribution in [0.25, 0.3) is 0 Å². The number of benzene rings is 2. The topological polar surface area (TPSA) is 94.2 Å². The van der Waals surface area contributed by atoms with Gasteiger partial charge >= 0.3 is 5.97 Å². The van der Waals surface area contributed by atoms with E-state index in [9.17, 15) is 14.4 Å². The fraction of sp³-hybridized carbons (Fsp3) is 0.464. The van der Waals surface area contributed by atoms with Crippen LogP contribution in [0.5, 0.6) is 5.75 Å². The van der Waals surface area contributed by atoms with E-state index < -0.39 is 38.4 Å². The second-order valence-electron chi connectivity index (χ2n) is 10.9. The van der Waals surface area contributed by atoms with E-state index in [1.165, 1.54) is 11.8 Å². The second kappa shape index (κ2) is 11.1. The summed E-state index contributed by atoms with van der Waals surface area (Å²) >= 11 is 0. The van der Waals surface area contributed by atoms with Gasteiger partial charge in [0.15, 0.2) is 14.5 Å². The second-order valence-corrected chi connectivity index (χ2v) is 15.6. The molecule has 2 aromatic carbocycles. The number of hydrogen-bond donors (Lipinski definition) is 1. The highest BCUT2D eigenvalue weighted by atomic mass is 28.4. The summed E-state index contributed by atoms with van der Waals surface area (Å²) in [5.41, 5.74) is 1.47. The van der Waals surface area contributed by atoms with Crippen LogP contribution in [0.2, 0.25) is 18.1 Å². The van der Waals surface area contributed by atoms with Gasteiger partial charge in [-0.3, -0.25) is 19.3 Å². The van der Waals surface area contributed by atoms with Gasteiger partial charge in [-0.1, -0.05) is 51.1 Å². The number of β-lactam (4-membered cyclic amide) rings is 1. The minimum Gasteiger partial charge on any atom is -0.497 e. The molecule has 1 aliphatic heterocycles. The van der Waals surface area contributed by atoms with Crippen LogP contribution in [0, 0.1) is 5.92 Å². The van der Waals surface area contributed by atoms with Gasteiger partial charge in [-0.05, 0) is 54.9 Å². The van der Waals surface area contributed by atoms with Crippen LogP contribution in [0.15, 0.2) is 54.6 Å². The number of hydrogen-bond acceptors (Lipinski definition) is 6. The molecule has 0 bridgehead atoms. The summed E-state index contributed by atoms with van der Waals surface area (Å²) in [7, 11) is -0.953. The van der Waals surface area contributed by atoms with Crippen molar-refractivity contribution in [2.45, 2.75) is 71.1 Å². The first-order chi connectivity index (χ1) is 17.3. The van der Waals surface area contributed by atoms with E-state index in [2.05, 4.69) is 26.1 Å². The maximum absolute atomic E-state index is 13.7. The Hall–Kier alpha value is -3.17. The molecule has 0 aliphatic carbocycles. The lowest BCUT2D eigenvalue weighted by Gasteiger charge is -2.50. The Labute approximate surface area is 220 Å². The lowest BCUT2D eigenvalue weighted by molar-refractivity contribution is -0.169. The van der Waals surface area contributed by atoms with E-state index >= 15 is 0 Å². The third-order valence-electron chi connectivity index (χ3n) is 7.19. The molecule has 2 amide bonds. The van der Waals surface area contributed by atoms with Crippen LogP contribution in [0.4, 0.5) is 5.69 Å². The van der Waals surface area contributed by atoms with E-state index in [0.717, 1.165) is 5.56 Å². The molecule has 1 fully saturated rings. The van der Waals surface area contributed by atoms with Crippen LogP contribution in [0.1, 0.15) is 46.2 Å². The van der Waals surface area contributed by atoms with Crippen LogP contribution in [-0.4, -0.2) is 45.5 Å². The fourth-order valence-corrected chi connectivity index (χ4v) is 5.23. The van der Waals surface area contributed by atoms with Crippen molar-refractivity contribution in [3.63, 3.8) is 0 Å². The first-order valence-electron chi connectivity index (χ1n) is 12.4. The average molecular weight is 527 g/mol. The number of rotatable bonds is 9. The van der Waals surface area contributed by atoms with Crippen molar-refractivity contribution in [1.82, 2.24) is 5.32 Å². The first kappa shape index (κ1) is 28.4. The molecule has 0 unspecified atom stereocenters. The smallest absolute Gasteiger partial charge is 0.304 e. The molecule has 3 rings (SSSR count). The molecule has 8 nitrogen and oxygen atoms in total. The Morgan fingerprint density at radius 2 is 1.62 bits per heavy atom. The number of anilines is 1. The molecule has 9 heteroatoms. The zero-order valence-electron chi connectivity index (χ0n) is 22.9. The van der Waals surface area contributed by atoms with Gasteiger partial charge in [-0.15, -0.1) is 0 Å². The Kier molecular flexibility index (Phi) is 8.49. The zero-order chi connectivity index (χ0) is 27.5. The number of amides is 2. The number of carbonyl (C=O) groups excluding carboxylic acids is 3. The van der Waals surface area contributed by atoms with Crippen molar-refractivity contribution < 1.29 is 28.3 Å². The van der Waals surface area contributed by atoms with Gasteiger partial charge in [-0.25, -0.2) is 0 Å². The minimum absolute atomic E-state index is 0.212. The van der Waals surface area contributed by atoms with Gasteiger partial charge in [-0.2, -0.15) is 0 Å². The number of esters is 1. The average Bonchev–Trinajstić information content (AvgIpc) is 2.83. The van der Waals surface area contributed by atoms with Crippen molar-refractivity contribution in [2.24, 2.45) is 5.92 Å². The first-order valence-corrected chi connectivity index (χ1v) is 15.3. The summed E-state index contributed by atoms with van der Waals surface area (Å²) in [6.45, 7) is 13.4. The highest BCUT2D eigenvalue weighted by Gasteiger charge is 2.58. The molecule has 1 heterocycles. The van der Waals surface area contributed by atoms with Gasteiger partial charge in [0.25, 0.3) is 0 Å². The molecule has 0 aromatic heterocycles. The molecule has 1 saturated heterocycles. The summed E-state index contributed by atoms with van der Waals surface area (Å²) in [5.74, 6) is -1.66. The largest absolute Gasteiger partial charge is 0.497 e. The van der Waals surface area contributed by atoms with Crippen LogP contribution >= 0.6 is 0 Å². The highest BCUT2D eigenvalue weighted by Crippen LogP contribution is 2.42. The number of ether oxygens (including phenoxy) is 2. The number of methoxy groups -OCH3 is 1. The zero-order valence-corrected chi connectivity index (χ0v) is 23.9. The predicted molar refractivity (Wildman–Crippen MR) is 145 cm³/mol. The summed E-state index contributed by atoms with van der Waals surface area (Å²) < 4.78 is 17.4. The minimum atomic E-state index is -2.51. The Morgan fingerprint density at radius 1 is 1.03 bits per heavy atom. The Bertz CT molecular complexity index is 1110. The monoisotopic (exact) mass is 526 g/mol. The molecule has 1 N–H and O–H groups in total. The van der Waals surface area contributed by atoms with Crippen molar-refractivity contribution in [3.05, 3.63) is 60.2 Å². The number of nitrogens with one attached hydrogen (secondary N) is 1. The summed E-state index contributed by atoms with van der Waals surface area (Å²) in [6.07, 6.45) is -2.11. The van der Waals surface area contributed by atoms with Crippen molar-refractivity contribution in [1.29, 1.82) is 0 Å². The summed E-state index contributed by atoms with van der Waals surface area (Å²) in [6, 6.07) is 16.1. The van der Waals surface area contributed by atoms with Gasteiger partial charge in [0, 0.05) is 12.6 Å². The fourth-order valence-electron chi connectivity index (χ4n) is 3.98. The number of carbonyl (C=O) groups is 3. The third-order valence-corrected chi connectivity index (χ3v) is 11.6. The highest BCUT2D eigenvalue weighted by molar-refractivity contribution is 6.74. The van der Waals surface area contributed by atoms with Gasteiger partial charge in [0.1, 0.15) is 17.8 Å². The lowest BCUT2D eigenvalue weighted by Crippen LogP contribution is -2.70. The van der Waals surface area contributed by atoms with E-state index in [4.69, 9.17) is 13.9 Å².